The van der Waals surface area contributed by atoms with Crippen molar-refractivity contribution in [1.29, 1.82) is 0 Å². The van der Waals surface area contributed by atoms with Gasteiger partial charge in [-0.1, -0.05) is 50.3 Å². The highest BCUT2D eigenvalue weighted by molar-refractivity contribution is 7.15. The minimum absolute atomic E-state index is 0.225. The molecule has 2 aromatic rings. The lowest BCUT2D eigenvalue weighted by Gasteiger charge is -2.18. The highest BCUT2D eigenvalue weighted by Crippen LogP contribution is 2.27. The van der Waals surface area contributed by atoms with Crippen molar-refractivity contribution in [2.75, 3.05) is 5.32 Å². The van der Waals surface area contributed by atoms with Crippen molar-refractivity contribution in [2.24, 2.45) is 0 Å². The van der Waals surface area contributed by atoms with Gasteiger partial charge in [-0.2, -0.15) is 0 Å². The summed E-state index contributed by atoms with van der Waals surface area (Å²) in [6, 6.07) is 7.78. The van der Waals surface area contributed by atoms with E-state index in [1.807, 2.05) is 31.2 Å². The van der Waals surface area contributed by atoms with Crippen LogP contribution in [0, 0.1) is 0 Å². The van der Waals surface area contributed by atoms with Gasteiger partial charge in [-0.25, -0.2) is 0 Å². The summed E-state index contributed by atoms with van der Waals surface area (Å²) in [5, 5.41) is 12.1. The Morgan fingerprint density at radius 2 is 2.00 bits per heavy atom. The fraction of sp³-hybridized carbons (Fsp3) is 0.438. The number of anilines is 1. The summed E-state index contributed by atoms with van der Waals surface area (Å²) in [4.78, 5) is 12.2. The molecule has 0 spiro atoms. The maximum Gasteiger partial charge on any atom is 0.266 e. The number of carbonyl (C=O) groups is 1. The molecule has 0 fully saturated rings. The SMILES string of the molecule is CCc1nnc(NC(=O)[C@@H](C)Oc2ccccc2C(C)C)s1. The maximum atomic E-state index is 12.2. The zero-order valence-electron chi connectivity index (χ0n) is 13.3. The molecule has 1 aromatic heterocycles. The summed E-state index contributed by atoms with van der Waals surface area (Å²) in [6.45, 7) is 7.93. The van der Waals surface area contributed by atoms with Gasteiger partial charge in [0.15, 0.2) is 6.10 Å². The summed E-state index contributed by atoms with van der Waals surface area (Å²) >= 11 is 1.38. The Bertz CT molecular complexity index is 640. The van der Waals surface area contributed by atoms with Gasteiger partial charge in [0.1, 0.15) is 10.8 Å². The van der Waals surface area contributed by atoms with Crippen LogP contribution in [0.3, 0.4) is 0 Å². The number of nitrogens with one attached hydrogen (secondary N) is 1. The average molecular weight is 319 g/mol. The van der Waals surface area contributed by atoms with Crippen LogP contribution in [0.25, 0.3) is 0 Å². The molecule has 1 atom stereocenters. The number of hydrogen-bond donors (Lipinski definition) is 1. The van der Waals surface area contributed by atoms with Gasteiger partial charge in [-0.3, -0.25) is 10.1 Å². The second kappa shape index (κ2) is 7.35. The summed E-state index contributed by atoms with van der Waals surface area (Å²) < 4.78 is 5.82. The molecule has 0 saturated carbocycles. The molecule has 0 radical (unpaired) electrons. The monoisotopic (exact) mass is 319 g/mol. The molecular formula is C16H21N3O2S. The molecule has 0 saturated heterocycles. The first-order chi connectivity index (χ1) is 10.5. The predicted octanol–water partition coefficient (Wildman–Crippen LogP) is 3.63. The van der Waals surface area contributed by atoms with Gasteiger partial charge in [-0.05, 0) is 30.9 Å². The van der Waals surface area contributed by atoms with E-state index < -0.39 is 6.10 Å². The third-order valence-corrected chi connectivity index (χ3v) is 4.20. The van der Waals surface area contributed by atoms with E-state index in [9.17, 15) is 4.79 Å². The van der Waals surface area contributed by atoms with E-state index in [4.69, 9.17) is 4.74 Å². The number of aromatic nitrogens is 2. The van der Waals surface area contributed by atoms with E-state index in [1.54, 1.807) is 6.92 Å². The van der Waals surface area contributed by atoms with E-state index in [0.717, 1.165) is 22.7 Å². The molecule has 0 aliphatic carbocycles. The normalized spacial score (nSPS) is 12.2. The lowest BCUT2D eigenvalue weighted by Crippen LogP contribution is -2.30. The Morgan fingerprint density at radius 1 is 1.27 bits per heavy atom. The van der Waals surface area contributed by atoms with Gasteiger partial charge in [-0.15, -0.1) is 10.2 Å². The van der Waals surface area contributed by atoms with Gasteiger partial charge < -0.3 is 4.74 Å². The number of para-hydroxylation sites is 1. The van der Waals surface area contributed by atoms with E-state index in [1.165, 1.54) is 11.3 Å². The second-order valence-electron chi connectivity index (χ2n) is 5.30. The summed E-state index contributed by atoms with van der Waals surface area (Å²) in [5.74, 6) is 0.853. The van der Waals surface area contributed by atoms with E-state index in [0.29, 0.717) is 11.0 Å². The van der Waals surface area contributed by atoms with Gasteiger partial charge in [0.05, 0.1) is 0 Å². The van der Waals surface area contributed by atoms with Crippen LogP contribution in [0.15, 0.2) is 24.3 Å². The lowest BCUT2D eigenvalue weighted by atomic mass is 10.0. The van der Waals surface area contributed by atoms with Crippen LogP contribution in [0.1, 0.15) is 44.2 Å². The average Bonchev–Trinajstić information content (AvgIpc) is 2.95. The van der Waals surface area contributed by atoms with Crippen molar-refractivity contribution in [3.8, 4) is 5.75 Å². The third-order valence-electron chi connectivity index (χ3n) is 3.21. The van der Waals surface area contributed by atoms with Crippen LogP contribution < -0.4 is 10.1 Å². The Balaban J connectivity index is 2.02. The van der Waals surface area contributed by atoms with Crippen molar-refractivity contribution in [1.82, 2.24) is 10.2 Å². The molecule has 0 unspecified atom stereocenters. The van der Waals surface area contributed by atoms with Gasteiger partial charge in [0.25, 0.3) is 5.91 Å². The number of carbonyl (C=O) groups excluding carboxylic acids is 1. The molecule has 0 aliphatic heterocycles. The second-order valence-corrected chi connectivity index (χ2v) is 6.36. The quantitative estimate of drug-likeness (QED) is 0.883. The molecule has 0 aliphatic rings. The predicted molar refractivity (Wildman–Crippen MR) is 88.5 cm³/mol. The molecule has 22 heavy (non-hydrogen) atoms. The lowest BCUT2D eigenvalue weighted by molar-refractivity contribution is -0.122. The summed E-state index contributed by atoms with van der Waals surface area (Å²) in [7, 11) is 0. The number of amides is 1. The van der Waals surface area contributed by atoms with Gasteiger partial charge in [0.2, 0.25) is 5.13 Å². The molecule has 1 aromatic carbocycles. The third kappa shape index (κ3) is 4.04. The largest absolute Gasteiger partial charge is 0.481 e. The minimum Gasteiger partial charge on any atom is -0.481 e. The number of hydrogen-bond acceptors (Lipinski definition) is 5. The van der Waals surface area contributed by atoms with Crippen molar-refractivity contribution < 1.29 is 9.53 Å². The van der Waals surface area contributed by atoms with Crippen LogP contribution in [-0.4, -0.2) is 22.2 Å². The molecule has 1 amide bonds. The van der Waals surface area contributed by atoms with E-state index in [-0.39, 0.29) is 5.91 Å². The topological polar surface area (TPSA) is 64.1 Å². The number of aryl methyl sites for hydroxylation is 1. The Kier molecular flexibility index (Phi) is 5.49. The zero-order chi connectivity index (χ0) is 16.1. The first-order valence-corrected chi connectivity index (χ1v) is 8.21. The highest BCUT2D eigenvalue weighted by atomic mass is 32.1. The van der Waals surface area contributed by atoms with Crippen LogP contribution in [0.5, 0.6) is 5.75 Å². The maximum absolute atomic E-state index is 12.2. The van der Waals surface area contributed by atoms with Crippen LogP contribution >= 0.6 is 11.3 Å². The Hall–Kier alpha value is -1.95. The number of ether oxygens (including phenoxy) is 1. The summed E-state index contributed by atoms with van der Waals surface area (Å²) in [6.07, 6.45) is 0.204. The zero-order valence-corrected chi connectivity index (χ0v) is 14.1. The number of rotatable bonds is 6. The molecule has 118 valence electrons. The number of nitrogens with zero attached hydrogens (tertiary/aromatic N) is 2. The smallest absolute Gasteiger partial charge is 0.266 e. The molecule has 1 N–H and O–H groups in total. The first kappa shape index (κ1) is 16.4. The van der Waals surface area contributed by atoms with Crippen LogP contribution in [-0.2, 0) is 11.2 Å². The molecule has 5 nitrogen and oxygen atoms in total. The Labute approximate surface area is 134 Å². The van der Waals surface area contributed by atoms with Gasteiger partial charge >= 0.3 is 0 Å². The van der Waals surface area contributed by atoms with Crippen LogP contribution in [0.4, 0.5) is 5.13 Å². The minimum atomic E-state index is -0.603. The fourth-order valence-electron chi connectivity index (χ4n) is 1.96. The first-order valence-electron chi connectivity index (χ1n) is 7.40. The van der Waals surface area contributed by atoms with Gasteiger partial charge in [0, 0.05) is 0 Å². The van der Waals surface area contributed by atoms with Crippen molar-refractivity contribution in [3.05, 3.63) is 34.8 Å². The van der Waals surface area contributed by atoms with Crippen molar-refractivity contribution in [3.63, 3.8) is 0 Å². The van der Waals surface area contributed by atoms with E-state index in [2.05, 4.69) is 29.4 Å². The number of benzene rings is 1. The Morgan fingerprint density at radius 3 is 2.64 bits per heavy atom. The molecule has 0 bridgehead atoms. The van der Waals surface area contributed by atoms with E-state index >= 15 is 0 Å². The molecular weight excluding hydrogens is 298 g/mol. The molecule has 2 rings (SSSR count). The van der Waals surface area contributed by atoms with Crippen LogP contribution in [0.2, 0.25) is 0 Å². The highest BCUT2D eigenvalue weighted by Gasteiger charge is 2.18. The van der Waals surface area contributed by atoms with Crippen molar-refractivity contribution in [2.45, 2.75) is 46.1 Å². The molecule has 1 heterocycles. The van der Waals surface area contributed by atoms with Crippen molar-refractivity contribution >= 4 is 22.4 Å². The molecule has 6 heteroatoms. The fourth-order valence-corrected chi connectivity index (χ4v) is 2.65. The summed E-state index contributed by atoms with van der Waals surface area (Å²) in [5.41, 5.74) is 1.09. The standard InChI is InChI=1S/C16H21N3O2S/c1-5-14-18-19-16(22-14)17-15(20)11(4)21-13-9-7-6-8-12(13)10(2)3/h6-11H,5H2,1-4H3,(H,17,19,20)/t11-/m1/s1.